The molecule has 100 valence electrons. The van der Waals surface area contributed by atoms with E-state index in [1.54, 1.807) is 0 Å². The molecule has 0 atom stereocenters. The van der Waals surface area contributed by atoms with E-state index in [1.165, 1.54) is 34.2 Å². The van der Waals surface area contributed by atoms with E-state index in [0.29, 0.717) is 0 Å². The molecule has 0 aromatic heterocycles. The van der Waals surface area contributed by atoms with Crippen molar-refractivity contribution in [3.63, 3.8) is 0 Å². The predicted octanol–water partition coefficient (Wildman–Crippen LogP) is 4.33. The van der Waals surface area contributed by atoms with Gasteiger partial charge in [-0.15, -0.1) is 0 Å². The van der Waals surface area contributed by atoms with Crippen molar-refractivity contribution in [1.29, 1.82) is 0 Å². The van der Waals surface area contributed by atoms with Crippen LogP contribution in [0.4, 0.5) is 0 Å². The van der Waals surface area contributed by atoms with E-state index < -0.39 is 0 Å². The Kier molecular flexibility index (Phi) is 4.75. The van der Waals surface area contributed by atoms with Gasteiger partial charge in [-0.1, -0.05) is 61.4 Å². The molecular weight excluding hydrogens is 230 g/mol. The van der Waals surface area contributed by atoms with E-state index >= 15 is 0 Å². The summed E-state index contributed by atoms with van der Waals surface area (Å²) >= 11 is 0. The standard InChI is InChI=1S/C18H23N/c1-4-5-15-7-10-16(11-8-15)18-12-14(2)6-9-17(18)13-19-3/h6-12,19H,4-5,13H2,1-3H3. The third-order valence-electron chi connectivity index (χ3n) is 3.44. The highest BCUT2D eigenvalue weighted by Gasteiger charge is 2.05. The monoisotopic (exact) mass is 253 g/mol. The van der Waals surface area contributed by atoms with Gasteiger partial charge < -0.3 is 5.32 Å². The summed E-state index contributed by atoms with van der Waals surface area (Å²) in [6.45, 7) is 5.28. The van der Waals surface area contributed by atoms with E-state index in [1.807, 2.05) is 7.05 Å². The lowest BCUT2D eigenvalue weighted by Crippen LogP contribution is -2.06. The van der Waals surface area contributed by atoms with Gasteiger partial charge in [0.25, 0.3) is 0 Å². The molecule has 1 heteroatoms. The predicted molar refractivity (Wildman–Crippen MR) is 83.4 cm³/mol. The van der Waals surface area contributed by atoms with Crippen LogP contribution in [-0.4, -0.2) is 7.05 Å². The SMILES string of the molecule is CCCc1ccc(-c2cc(C)ccc2CNC)cc1. The maximum absolute atomic E-state index is 3.25. The van der Waals surface area contributed by atoms with Crippen LogP contribution in [0.5, 0.6) is 0 Å². The third kappa shape index (κ3) is 3.45. The number of aryl methyl sites for hydroxylation is 2. The molecule has 0 aliphatic carbocycles. The molecule has 0 spiro atoms. The first-order valence-corrected chi connectivity index (χ1v) is 7.08. The van der Waals surface area contributed by atoms with Gasteiger partial charge in [0.1, 0.15) is 0 Å². The van der Waals surface area contributed by atoms with Gasteiger partial charge in [-0.3, -0.25) is 0 Å². The minimum absolute atomic E-state index is 0.909. The third-order valence-corrected chi connectivity index (χ3v) is 3.44. The second-order valence-corrected chi connectivity index (χ2v) is 5.14. The number of hydrogen-bond acceptors (Lipinski definition) is 1. The Bertz CT molecular complexity index is 526. The van der Waals surface area contributed by atoms with E-state index in [4.69, 9.17) is 0 Å². The van der Waals surface area contributed by atoms with Crippen LogP contribution < -0.4 is 5.32 Å². The summed E-state index contributed by atoms with van der Waals surface area (Å²) in [7, 11) is 1.99. The molecule has 0 unspecified atom stereocenters. The lowest BCUT2D eigenvalue weighted by molar-refractivity contribution is 0.819. The fraction of sp³-hybridized carbons (Fsp3) is 0.333. The molecule has 0 amide bonds. The molecule has 0 bridgehead atoms. The molecule has 1 nitrogen and oxygen atoms in total. The van der Waals surface area contributed by atoms with Crippen molar-refractivity contribution in [2.24, 2.45) is 0 Å². The van der Waals surface area contributed by atoms with Crippen molar-refractivity contribution >= 4 is 0 Å². The maximum Gasteiger partial charge on any atom is 0.0208 e. The summed E-state index contributed by atoms with van der Waals surface area (Å²) < 4.78 is 0. The summed E-state index contributed by atoms with van der Waals surface area (Å²) in [5.74, 6) is 0. The molecule has 1 N–H and O–H groups in total. The normalized spacial score (nSPS) is 10.7. The highest BCUT2D eigenvalue weighted by Crippen LogP contribution is 2.25. The fourth-order valence-corrected chi connectivity index (χ4v) is 2.44. The van der Waals surface area contributed by atoms with Crippen molar-refractivity contribution in [1.82, 2.24) is 5.32 Å². The van der Waals surface area contributed by atoms with Crippen LogP contribution in [0.3, 0.4) is 0 Å². The molecule has 0 aliphatic rings. The van der Waals surface area contributed by atoms with Crippen LogP contribution in [-0.2, 0) is 13.0 Å². The fourth-order valence-electron chi connectivity index (χ4n) is 2.44. The molecule has 0 saturated carbocycles. The number of benzene rings is 2. The van der Waals surface area contributed by atoms with Crippen LogP contribution in [0.15, 0.2) is 42.5 Å². The molecule has 2 aromatic carbocycles. The molecule has 2 aromatic rings. The maximum atomic E-state index is 3.25. The molecule has 0 fully saturated rings. The average Bonchev–Trinajstić information content (AvgIpc) is 2.42. The number of rotatable bonds is 5. The number of hydrogen-bond donors (Lipinski definition) is 1. The molecule has 19 heavy (non-hydrogen) atoms. The van der Waals surface area contributed by atoms with E-state index in [9.17, 15) is 0 Å². The Morgan fingerprint density at radius 3 is 2.37 bits per heavy atom. The Hall–Kier alpha value is -1.60. The van der Waals surface area contributed by atoms with Crippen molar-refractivity contribution < 1.29 is 0 Å². The first kappa shape index (κ1) is 13.8. The van der Waals surface area contributed by atoms with Gasteiger partial charge in [-0.25, -0.2) is 0 Å². The number of nitrogens with one attached hydrogen (secondary N) is 1. The lowest BCUT2D eigenvalue weighted by atomic mass is 9.96. The topological polar surface area (TPSA) is 12.0 Å². The van der Waals surface area contributed by atoms with E-state index in [0.717, 1.165) is 13.0 Å². The van der Waals surface area contributed by atoms with Crippen molar-refractivity contribution in [3.05, 3.63) is 59.2 Å². The van der Waals surface area contributed by atoms with Crippen LogP contribution in [0, 0.1) is 6.92 Å². The van der Waals surface area contributed by atoms with E-state index in [2.05, 4.69) is 61.6 Å². The Morgan fingerprint density at radius 1 is 1.00 bits per heavy atom. The summed E-state index contributed by atoms with van der Waals surface area (Å²) in [6, 6.07) is 15.7. The summed E-state index contributed by atoms with van der Waals surface area (Å²) in [5, 5.41) is 3.25. The Balaban J connectivity index is 2.36. The highest BCUT2D eigenvalue weighted by molar-refractivity contribution is 5.68. The van der Waals surface area contributed by atoms with Crippen LogP contribution in [0.25, 0.3) is 11.1 Å². The molecule has 0 heterocycles. The summed E-state index contributed by atoms with van der Waals surface area (Å²) in [4.78, 5) is 0. The largest absolute Gasteiger partial charge is 0.316 e. The molecule has 0 aliphatic heterocycles. The summed E-state index contributed by atoms with van der Waals surface area (Å²) in [5.41, 5.74) is 6.75. The van der Waals surface area contributed by atoms with Gasteiger partial charge in [0, 0.05) is 6.54 Å². The average molecular weight is 253 g/mol. The molecule has 2 rings (SSSR count). The highest BCUT2D eigenvalue weighted by atomic mass is 14.8. The Labute approximate surface area is 116 Å². The van der Waals surface area contributed by atoms with E-state index in [-0.39, 0.29) is 0 Å². The minimum atomic E-state index is 0.909. The van der Waals surface area contributed by atoms with Gasteiger partial charge >= 0.3 is 0 Å². The van der Waals surface area contributed by atoms with Crippen LogP contribution in [0.2, 0.25) is 0 Å². The zero-order chi connectivity index (χ0) is 13.7. The van der Waals surface area contributed by atoms with Crippen molar-refractivity contribution in [3.8, 4) is 11.1 Å². The zero-order valence-corrected chi connectivity index (χ0v) is 12.2. The van der Waals surface area contributed by atoms with Crippen molar-refractivity contribution in [2.75, 3.05) is 7.05 Å². The second-order valence-electron chi connectivity index (χ2n) is 5.14. The Morgan fingerprint density at radius 2 is 1.74 bits per heavy atom. The minimum Gasteiger partial charge on any atom is -0.316 e. The molecule has 0 radical (unpaired) electrons. The summed E-state index contributed by atoms with van der Waals surface area (Å²) in [6.07, 6.45) is 2.37. The van der Waals surface area contributed by atoms with Gasteiger partial charge in [0.15, 0.2) is 0 Å². The smallest absolute Gasteiger partial charge is 0.0208 e. The first-order valence-electron chi connectivity index (χ1n) is 7.08. The van der Waals surface area contributed by atoms with Crippen molar-refractivity contribution in [2.45, 2.75) is 33.2 Å². The van der Waals surface area contributed by atoms with Gasteiger partial charge in [0.2, 0.25) is 0 Å². The zero-order valence-electron chi connectivity index (χ0n) is 12.2. The molecule has 0 saturated heterocycles. The van der Waals surface area contributed by atoms with Gasteiger partial charge in [-0.05, 0) is 42.6 Å². The van der Waals surface area contributed by atoms with Gasteiger partial charge in [-0.2, -0.15) is 0 Å². The quantitative estimate of drug-likeness (QED) is 0.836. The van der Waals surface area contributed by atoms with Crippen LogP contribution >= 0.6 is 0 Å². The molecular formula is C18H23N. The second kappa shape index (κ2) is 6.53. The van der Waals surface area contributed by atoms with Crippen LogP contribution in [0.1, 0.15) is 30.0 Å². The van der Waals surface area contributed by atoms with Gasteiger partial charge in [0.05, 0.1) is 0 Å². The lowest BCUT2D eigenvalue weighted by Gasteiger charge is -2.11. The first-order chi connectivity index (χ1) is 9.24.